The second kappa shape index (κ2) is 12.2. The van der Waals surface area contributed by atoms with E-state index in [1.54, 1.807) is 26.6 Å². The molecular formula is C25H31N3O10. The van der Waals surface area contributed by atoms with Crippen LogP contribution in [0.2, 0.25) is 0 Å². The largest absolute Gasteiger partial charge is 0.493 e. The highest BCUT2D eigenvalue weighted by Gasteiger charge is 2.37. The first-order chi connectivity index (χ1) is 18.0. The van der Waals surface area contributed by atoms with Crippen LogP contribution in [-0.2, 0) is 16.6 Å². The van der Waals surface area contributed by atoms with Crippen LogP contribution in [0.25, 0.3) is 0 Å². The van der Waals surface area contributed by atoms with Gasteiger partial charge in [0, 0.05) is 36.5 Å². The standard InChI is InChI=1S/C21H25N3O4.C4H6O6/c1-4-28-19-8-14-15-7-13(25)5-6-17(15)23-20(16(14)9-18(19)27-3)12-10-22-21(26)24(2)11-12;5-1(3(7)8)2(6)4(9)10/h8-11,13,15,17,25H,4-7H2,1-3H3;1-2,5-6H,(H,7,8)(H,9,10)/t13-,15-,17-;/m1./s1. The molecule has 2 heterocycles. The first-order valence-electron chi connectivity index (χ1n) is 11.9. The van der Waals surface area contributed by atoms with Crippen LogP contribution < -0.4 is 15.2 Å². The van der Waals surface area contributed by atoms with Crippen LogP contribution in [0.4, 0.5) is 0 Å². The van der Waals surface area contributed by atoms with Crippen molar-refractivity contribution in [3.8, 4) is 11.5 Å². The van der Waals surface area contributed by atoms with Crippen molar-refractivity contribution >= 4 is 17.7 Å². The number of aliphatic hydroxyl groups is 3. The second-order valence-electron chi connectivity index (χ2n) is 8.94. The van der Waals surface area contributed by atoms with Gasteiger partial charge in [-0.05, 0) is 43.9 Å². The van der Waals surface area contributed by atoms with Crippen molar-refractivity contribution < 1.29 is 44.6 Å². The Morgan fingerprint density at radius 3 is 2.34 bits per heavy atom. The fourth-order valence-electron chi connectivity index (χ4n) is 4.51. The summed E-state index contributed by atoms with van der Waals surface area (Å²) >= 11 is 0. The number of ether oxygens (including phenoxy) is 2. The molecule has 0 amide bonds. The van der Waals surface area contributed by atoms with Crippen LogP contribution in [0.15, 0.2) is 34.3 Å². The number of aryl methyl sites for hydroxylation is 1. The lowest BCUT2D eigenvalue weighted by atomic mass is 9.74. The molecule has 1 aliphatic carbocycles. The van der Waals surface area contributed by atoms with Gasteiger partial charge in [0.25, 0.3) is 0 Å². The topological polar surface area (TPSA) is 201 Å². The number of carbonyl (C=O) groups is 2. The minimum absolute atomic E-state index is 0.0889. The molecule has 1 fully saturated rings. The first-order valence-corrected chi connectivity index (χ1v) is 11.9. The third-order valence-corrected chi connectivity index (χ3v) is 6.40. The quantitative estimate of drug-likeness (QED) is 0.318. The molecule has 38 heavy (non-hydrogen) atoms. The number of benzene rings is 1. The van der Waals surface area contributed by atoms with Crippen LogP contribution in [0, 0.1) is 0 Å². The van der Waals surface area contributed by atoms with Crippen LogP contribution in [0.1, 0.15) is 48.8 Å². The van der Waals surface area contributed by atoms with Gasteiger partial charge in [0.15, 0.2) is 23.7 Å². The predicted molar refractivity (Wildman–Crippen MR) is 133 cm³/mol. The Balaban J connectivity index is 0.000000342. The molecule has 4 rings (SSSR count). The van der Waals surface area contributed by atoms with Gasteiger partial charge in [0.1, 0.15) is 0 Å². The van der Waals surface area contributed by atoms with Gasteiger partial charge in [0.2, 0.25) is 0 Å². The zero-order valence-corrected chi connectivity index (χ0v) is 21.1. The van der Waals surface area contributed by atoms with Gasteiger partial charge in [-0.25, -0.2) is 19.4 Å². The summed E-state index contributed by atoms with van der Waals surface area (Å²) in [6.07, 6.45) is 0.734. The third kappa shape index (κ3) is 6.18. The second-order valence-corrected chi connectivity index (χ2v) is 8.94. The summed E-state index contributed by atoms with van der Waals surface area (Å²) in [5.74, 6) is -2.07. The Kier molecular flexibility index (Phi) is 9.20. The molecule has 0 bridgehead atoms. The number of carboxylic acids is 2. The summed E-state index contributed by atoms with van der Waals surface area (Å²) in [7, 11) is 3.30. The maximum atomic E-state index is 11.7. The van der Waals surface area contributed by atoms with Crippen LogP contribution in [0.3, 0.4) is 0 Å². The Morgan fingerprint density at radius 2 is 1.79 bits per heavy atom. The minimum Gasteiger partial charge on any atom is -0.493 e. The minimum atomic E-state index is -2.27. The summed E-state index contributed by atoms with van der Waals surface area (Å²) in [4.78, 5) is 40.3. The molecule has 13 heteroatoms. The zero-order chi connectivity index (χ0) is 28.1. The molecule has 1 aromatic carbocycles. The summed E-state index contributed by atoms with van der Waals surface area (Å²) in [5, 5.41) is 42.8. The fraction of sp³-hybridized carbons (Fsp3) is 0.480. The molecule has 2 aliphatic rings. The maximum Gasteiger partial charge on any atom is 0.347 e. The van der Waals surface area contributed by atoms with Gasteiger partial charge in [-0.3, -0.25) is 4.99 Å². The Bertz CT molecular complexity index is 1260. The average molecular weight is 534 g/mol. The van der Waals surface area contributed by atoms with Gasteiger partial charge < -0.3 is 39.6 Å². The number of hydrogen-bond acceptors (Lipinski definition) is 10. The van der Waals surface area contributed by atoms with Crippen molar-refractivity contribution in [3.05, 3.63) is 51.7 Å². The molecule has 5 atom stereocenters. The van der Waals surface area contributed by atoms with E-state index < -0.39 is 24.1 Å². The van der Waals surface area contributed by atoms with Crippen molar-refractivity contribution in [2.24, 2.45) is 12.0 Å². The number of aliphatic carboxylic acids is 2. The molecule has 1 aromatic heterocycles. The third-order valence-electron chi connectivity index (χ3n) is 6.40. The Labute approximate surface area is 217 Å². The van der Waals surface area contributed by atoms with E-state index in [0.29, 0.717) is 24.5 Å². The van der Waals surface area contributed by atoms with Crippen molar-refractivity contribution in [3.63, 3.8) is 0 Å². The van der Waals surface area contributed by atoms with Crippen LogP contribution >= 0.6 is 0 Å². The van der Waals surface area contributed by atoms with E-state index in [1.165, 1.54) is 4.57 Å². The molecule has 0 saturated heterocycles. The summed E-state index contributed by atoms with van der Waals surface area (Å²) < 4.78 is 12.8. The molecule has 0 spiro atoms. The fourth-order valence-corrected chi connectivity index (χ4v) is 4.51. The summed E-state index contributed by atoms with van der Waals surface area (Å²) in [5.41, 5.74) is 3.34. The zero-order valence-electron chi connectivity index (χ0n) is 21.1. The lowest BCUT2D eigenvalue weighted by molar-refractivity contribution is -0.165. The lowest BCUT2D eigenvalue weighted by Crippen LogP contribution is -2.39. The Morgan fingerprint density at radius 1 is 1.13 bits per heavy atom. The summed E-state index contributed by atoms with van der Waals surface area (Å²) in [6.45, 7) is 2.48. The molecule has 2 aromatic rings. The van der Waals surface area contributed by atoms with E-state index >= 15 is 0 Å². The number of nitrogens with zero attached hydrogens (tertiary/aromatic N) is 3. The molecule has 13 nitrogen and oxygen atoms in total. The SMILES string of the molecule is CCOc1cc2c(cc1OC)C(c1cnc(=O)n(C)c1)=N[C@@H]1CC[C@@H](O)C[C@H]21.O=C(O)C(O)C(O)C(=O)O. The number of aliphatic hydroxyl groups excluding tert-OH is 3. The van der Waals surface area contributed by atoms with E-state index in [9.17, 15) is 19.5 Å². The van der Waals surface area contributed by atoms with E-state index in [0.717, 1.165) is 35.2 Å². The van der Waals surface area contributed by atoms with Gasteiger partial charge in [-0.2, -0.15) is 0 Å². The van der Waals surface area contributed by atoms with E-state index in [4.69, 9.17) is 34.9 Å². The van der Waals surface area contributed by atoms with Gasteiger partial charge in [0.05, 0.1) is 31.6 Å². The number of aliphatic imine (C=N–C) groups is 1. The number of fused-ring (bicyclic) bond motifs is 3. The number of methoxy groups -OCH3 is 1. The lowest BCUT2D eigenvalue weighted by Gasteiger charge is -2.37. The monoisotopic (exact) mass is 533 g/mol. The molecule has 0 radical (unpaired) electrons. The highest BCUT2D eigenvalue weighted by atomic mass is 16.5. The summed E-state index contributed by atoms with van der Waals surface area (Å²) in [6, 6.07) is 4.06. The van der Waals surface area contributed by atoms with Crippen molar-refractivity contribution in [1.82, 2.24) is 9.55 Å². The molecule has 2 unspecified atom stereocenters. The van der Waals surface area contributed by atoms with Gasteiger partial charge in [-0.15, -0.1) is 0 Å². The average Bonchev–Trinajstić information content (AvgIpc) is 2.89. The number of carboxylic acid groups (broad SMARTS) is 2. The smallest absolute Gasteiger partial charge is 0.347 e. The van der Waals surface area contributed by atoms with Crippen LogP contribution in [0.5, 0.6) is 11.5 Å². The van der Waals surface area contributed by atoms with Crippen molar-refractivity contribution in [2.45, 2.75) is 56.5 Å². The van der Waals surface area contributed by atoms with E-state index in [2.05, 4.69) is 4.98 Å². The number of rotatable bonds is 7. The highest BCUT2D eigenvalue weighted by molar-refractivity contribution is 6.14. The number of aromatic nitrogens is 2. The first kappa shape index (κ1) is 28.8. The predicted octanol–water partition coefficient (Wildman–Crippen LogP) is -0.0870. The molecule has 206 valence electrons. The van der Waals surface area contributed by atoms with Gasteiger partial charge >= 0.3 is 17.6 Å². The van der Waals surface area contributed by atoms with E-state index in [-0.39, 0.29) is 23.8 Å². The highest BCUT2D eigenvalue weighted by Crippen LogP contribution is 2.44. The molecule has 1 aliphatic heterocycles. The van der Waals surface area contributed by atoms with Gasteiger partial charge in [-0.1, -0.05) is 0 Å². The van der Waals surface area contributed by atoms with Crippen LogP contribution in [-0.4, -0.2) is 90.8 Å². The normalized spacial score (nSPS) is 21.4. The molecule has 5 N–H and O–H groups in total. The number of hydrogen-bond donors (Lipinski definition) is 5. The van der Waals surface area contributed by atoms with Crippen molar-refractivity contribution in [1.29, 1.82) is 0 Å². The molecule has 1 saturated carbocycles. The van der Waals surface area contributed by atoms with E-state index in [1.807, 2.05) is 19.1 Å². The molecular weight excluding hydrogens is 502 g/mol. The van der Waals surface area contributed by atoms with Crippen molar-refractivity contribution in [2.75, 3.05) is 13.7 Å². The maximum absolute atomic E-state index is 11.7. The Hall–Kier alpha value is -3.81.